The van der Waals surface area contributed by atoms with Crippen molar-refractivity contribution in [2.45, 2.75) is 6.92 Å². The van der Waals surface area contributed by atoms with Gasteiger partial charge < -0.3 is 10.3 Å². The van der Waals surface area contributed by atoms with Gasteiger partial charge in [0.15, 0.2) is 0 Å². The largest absolute Gasteiger partial charge is 0.351 e. The molecule has 0 atom stereocenters. The van der Waals surface area contributed by atoms with Crippen LogP contribution in [0.3, 0.4) is 0 Å². The first-order valence-electron chi connectivity index (χ1n) is 8.26. The highest BCUT2D eigenvalue weighted by molar-refractivity contribution is 6.07. The maximum Gasteiger partial charge on any atom is 0.272 e. The van der Waals surface area contributed by atoms with Crippen molar-refractivity contribution in [2.24, 2.45) is 0 Å². The van der Waals surface area contributed by atoms with Crippen molar-refractivity contribution in [3.8, 4) is 11.1 Å². The molecule has 1 amide bonds. The van der Waals surface area contributed by atoms with E-state index in [-0.39, 0.29) is 5.91 Å². The summed E-state index contributed by atoms with van der Waals surface area (Å²) in [7, 11) is 0. The van der Waals surface area contributed by atoms with Crippen LogP contribution in [0.5, 0.6) is 0 Å². The minimum atomic E-state index is -0.141. The van der Waals surface area contributed by atoms with Crippen LogP contribution in [0.25, 0.3) is 22.0 Å². The summed E-state index contributed by atoms with van der Waals surface area (Å²) in [6, 6.07) is 25.9. The fraction of sp³-hybridized carbons (Fsp3) is 0.0455. The lowest BCUT2D eigenvalue weighted by Gasteiger charge is -2.10. The highest BCUT2D eigenvalue weighted by Crippen LogP contribution is 2.28. The Morgan fingerprint density at radius 1 is 0.880 bits per heavy atom. The van der Waals surface area contributed by atoms with Crippen LogP contribution in [0.1, 0.15) is 16.1 Å². The van der Waals surface area contributed by atoms with E-state index >= 15 is 0 Å². The Kier molecular flexibility index (Phi) is 3.82. The molecule has 122 valence electrons. The summed E-state index contributed by atoms with van der Waals surface area (Å²) in [6.07, 6.45) is 0. The number of hydrogen-bond acceptors (Lipinski definition) is 1. The predicted molar refractivity (Wildman–Crippen MR) is 103 cm³/mol. The molecule has 1 aromatic heterocycles. The molecule has 0 aliphatic rings. The molecule has 0 bridgehead atoms. The standard InChI is InChI=1S/C22H18N2O/c1-15-11-12-17-14-21(23-20(17)13-15)22(25)24-19-10-6-5-9-18(19)16-7-3-2-4-8-16/h2-14,23H,1H3,(H,24,25). The van der Waals surface area contributed by atoms with Gasteiger partial charge in [-0.15, -0.1) is 0 Å². The van der Waals surface area contributed by atoms with E-state index in [1.807, 2.05) is 85.8 Å². The van der Waals surface area contributed by atoms with Crippen LogP contribution in [0.4, 0.5) is 5.69 Å². The van der Waals surface area contributed by atoms with Crippen LogP contribution in [-0.2, 0) is 0 Å². The Morgan fingerprint density at radius 2 is 1.64 bits per heavy atom. The number of carbonyl (C=O) groups excluding carboxylic acids is 1. The second-order valence-corrected chi connectivity index (χ2v) is 6.14. The van der Waals surface area contributed by atoms with Crippen molar-refractivity contribution >= 4 is 22.5 Å². The molecule has 0 aliphatic heterocycles. The van der Waals surface area contributed by atoms with E-state index in [1.54, 1.807) is 0 Å². The Bertz CT molecular complexity index is 1050. The normalized spacial score (nSPS) is 10.8. The van der Waals surface area contributed by atoms with Gasteiger partial charge in [0.05, 0.1) is 0 Å². The van der Waals surface area contributed by atoms with Crippen molar-refractivity contribution < 1.29 is 4.79 Å². The van der Waals surface area contributed by atoms with Crippen molar-refractivity contribution in [3.63, 3.8) is 0 Å². The Labute approximate surface area is 146 Å². The summed E-state index contributed by atoms with van der Waals surface area (Å²) < 4.78 is 0. The van der Waals surface area contributed by atoms with Gasteiger partial charge in [-0.2, -0.15) is 0 Å². The molecule has 0 aliphatic carbocycles. The SMILES string of the molecule is Cc1ccc2cc(C(=O)Nc3ccccc3-c3ccccc3)[nH]c2c1. The molecule has 0 saturated heterocycles. The van der Waals surface area contributed by atoms with E-state index in [1.165, 1.54) is 0 Å². The third-order valence-electron chi connectivity index (χ3n) is 4.28. The molecule has 0 saturated carbocycles. The smallest absolute Gasteiger partial charge is 0.272 e. The zero-order valence-corrected chi connectivity index (χ0v) is 13.9. The van der Waals surface area contributed by atoms with Crippen molar-refractivity contribution in [1.82, 2.24) is 4.98 Å². The van der Waals surface area contributed by atoms with Crippen molar-refractivity contribution in [2.75, 3.05) is 5.32 Å². The number of benzene rings is 3. The molecule has 3 heteroatoms. The third kappa shape index (κ3) is 3.04. The second kappa shape index (κ2) is 6.29. The lowest BCUT2D eigenvalue weighted by molar-refractivity contribution is 0.102. The van der Waals surface area contributed by atoms with E-state index in [0.29, 0.717) is 5.69 Å². The van der Waals surface area contributed by atoms with Gasteiger partial charge in [0.1, 0.15) is 5.69 Å². The Balaban J connectivity index is 1.67. The highest BCUT2D eigenvalue weighted by atomic mass is 16.1. The summed E-state index contributed by atoms with van der Waals surface area (Å²) in [4.78, 5) is 15.9. The van der Waals surface area contributed by atoms with E-state index in [4.69, 9.17) is 0 Å². The fourth-order valence-electron chi connectivity index (χ4n) is 3.01. The average molecular weight is 326 g/mol. The number of carbonyl (C=O) groups is 1. The zero-order chi connectivity index (χ0) is 17.2. The first-order chi connectivity index (χ1) is 12.2. The molecular weight excluding hydrogens is 308 g/mol. The van der Waals surface area contributed by atoms with Crippen LogP contribution in [-0.4, -0.2) is 10.9 Å². The van der Waals surface area contributed by atoms with Gasteiger partial charge in [0.2, 0.25) is 0 Å². The van der Waals surface area contributed by atoms with E-state index in [2.05, 4.69) is 10.3 Å². The maximum atomic E-state index is 12.7. The van der Waals surface area contributed by atoms with Gasteiger partial charge in [-0.3, -0.25) is 4.79 Å². The quantitative estimate of drug-likeness (QED) is 0.520. The molecule has 0 unspecified atom stereocenters. The van der Waals surface area contributed by atoms with Gasteiger partial charge in [-0.25, -0.2) is 0 Å². The van der Waals surface area contributed by atoms with Crippen LogP contribution < -0.4 is 5.32 Å². The lowest BCUT2D eigenvalue weighted by atomic mass is 10.0. The summed E-state index contributed by atoms with van der Waals surface area (Å²) in [5.74, 6) is -0.141. The molecule has 1 heterocycles. The molecule has 4 rings (SSSR count). The average Bonchev–Trinajstić information content (AvgIpc) is 3.06. The summed E-state index contributed by atoms with van der Waals surface area (Å²) in [6.45, 7) is 2.04. The van der Waals surface area contributed by atoms with Gasteiger partial charge in [0, 0.05) is 22.2 Å². The van der Waals surface area contributed by atoms with Crippen molar-refractivity contribution in [1.29, 1.82) is 0 Å². The minimum Gasteiger partial charge on any atom is -0.351 e. The van der Waals surface area contributed by atoms with Crippen LogP contribution in [0.15, 0.2) is 78.9 Å². The van der Waals surface area contributed by atoms with E-state index < -0.39 is 0 Å². The number of hydrogen-bond donors (Lipinski definition) is 2. The molecule has 0 spiro atoms. The molecule has 0 fully saturated rings. The first-order valence-corrected chi connectivity index (χ1v) is 8.26. The van der Waals surface area contributed by atoms with Crippen LogP contribution >= 0.6 is 0 Å². The van der Waals surface area contributed by atoms with Gasteiger partial charge in [-0.05, 0) is 36.2 Å². The third-order valence-corrected chi connectivity index (χ3v) is 4.28. The minimum absolute atomic E-state index is 0.141. The summed E-state index contributed by atoms with van der Waals surface area (Å²) >= 11 is 0. The monoisotopic (exact) mass is 326 g/mol. The zero-order valence-electron chi connectivity index (χ0n) is 13.9. The number of rotatable bonds is 3. The number of aromatic nitrogens is 1. The topological polar surface area (TPSA) is 44.9 Å². The van der Waals surface area contributed by atoms with Gasteiger partial charge >= 0.3 is 0 Å². The lowest BCUT2D eigenvalue weighted by Crippen LogP contribution is -2.12. The van der Waals surface area contributed by atoms with E-state index in [9.17, 15) is 4.79 Å². The number of amides is 1. The molecule has 25 heavy (non-hydrogen) atoms. The first kappa shape index (κ1) is 15.2. The number of aryl methyl sites for hydroxylation is 1. The number of aromatic amines is 1. The second-order valence-electron chi connectivity index (χ2n) is 6.14. The number of H-pyrrole nitrogens is 1. The maximum absolute atomic E-state index is 12.7. The summed E-state index contributed by atoms with van der Waals surface area (Å²) in [5.41, 5.74) is 5.57. The predicted octanol–water partition coefficient (Wildman–Crippen LogP) is 5.40. The summed E-state index contributed by atoms with van der Waals surface area (Å²) in [5, 5.41) is 4.07. The Morgan fingerprint density at radius 3 is 2.48 bits per heavy atom. The highest BCUT2D eigenvalue weighted by Gasteiger charge is 2.12. The molecule has 0 radical (unpaired) electrons. The number of fused-ring (bicyclic) bond motifs is 1. The number of para-hydroxylation sites is 1. The fourth-order valence-corrected chi connectivity index (χ4v) is 3.01. The molecular formula is C22H18N2O. The molecule has 2 N–H and O–H groups in total. The number of anilines is 1. The van der Waals surface area contributed by atoms with Gasteiger partial charge in [0.25, 0.3) is 5.91 Å². The molecule has 4 aromatic rings. The van der Waals surface area contributed by atoms with Crippen LogP contribution in [0.2, 0.25) is 0 Å². The van der Waals surface area contributed by atoms with Crippen molar-refractivity contribution in [3.05, 3.63) is 90.1 Å². The number of nitrogens with one attached hydrogen (secondary N) is 2. The Hall–Kier alpha value is -3.33. The molecule has 3 nitrogen and oxygen atoms in total. The van der Waals surface area contributed by atoms with Crippen LogP contribution in [0, 0.1) is 6.92 Å². The van der Waals surface area contributed by atoms with Gasteiger partial charge in [-0.1, -0.05) is 60.7 Å². The van der Waals surface area contributed by atoms with E-state index in [0.717, 1.165) is 33.3 Å². The molecule has 3 aromatic carbocycles.